The van der Waals surface area contributed by atoms with Crippen molar-refractivity contribution in [2.75, 3.05) is 0 Å². The van der Waals surface area contributed by atoms with Crippen LogP contribution in [0.5, 0.6) is 0 Å². The van der Waals surface area contributed by atoms with Crippen molar-refractivity contribution in [1.29, 1.82) is 0 Å². The van der Waals surface area contributed by atoms with Crippen LogP contribution in [0.1, 0.15) is 37.2 Å². The highest BCUT2D eigenvalue weighted by Crippen LogP contribution is 2.27. The quantitative estimate of drug-likeness (QED) is 0.761. The van der Waals surface area contributed by atoms with Gasteiger partial charge in [0.25, 0.3) is 0 Å². The zero-order valence-electron chi connectivity index (χ0n) is 10.9. The zero-order chi connectivity index (χ0) is 13.7. The molecule has 0 spiro atoms. The van der Waals surface area contributed by atoms with Crippen LogP contribution in [-0.4, -0.2) is 28.2 Å². The molecule has 0 saturated heterocycles. The largest absolute Gasteiger partial charge is 0.386 e. The second-order valence-electron chi connectivity index (χ2n) is 5.05. The van der Waals surface area contributed by atoms with Gasteiger partial charge < -0.3 is 10.2 Å². The molecule has 1 aliphatic carbocycles. The van der Waals surface area contributed by atoms with Crippen molar-refractivity contribution in [3.63, 3.8) is 0 Å². The molecule has 0 saturated carbocycles. The molecule has 1 aromatic rings. The lowest BCUT2D eigenvalue weighted by Gasteiger charge is -2.20. The summed E-state index contributed by atoms with van der Waals surface area (Å²) in [6.07, 6.45) is 3.85. The van der Waals surface area contributed by atoms with Gasteiger partial charge in [0.15, 0.2) is 5.78 Å². The summed E-state index contributed by atoms with van der Waals surface area (Å²) in [5, 5.41) is 19.3. The summed E-state index contributed by atoms with van der Waals surface area (Å²) in [6.45, 7) is 0. The molecule has 0 radical (unpaired) electrons. The minimum atomic E-state index is -1.29. The van der Waals surface area contributed by atoms with E-state index in [0.29, 0.717) is 12.3 Å². The number of rotatable bonds is 1. The van der Waals surface area contributed by atoms with E-state index in [1.165, 1.54) is 11.6 Å². The Kier molecular flexibility index (Phi) is 4.88. The van der Waals surface area contributed by atoms with Gasteiger partial charge in [0, 0.05) is 6.42 Å². The molecule has 0 amide bonds. The fraction of sp³-hybridized carbons (Fsp3) is 0.438. The van der Waals surface area contributed by atoms with E-state index in [2.05, 4.69) is 12.1 Å². The summed E-state index contributed by atoms with van der Waals surface area (Å²) in [5.74, 6) is 0.0530. The lowest BCUT2D eigenvalue weighted by atomic mass is 9.87. The molecule has 1 aromatic carbocycles. The highest BCUT2D eigenvalue weighted by Gasteiger charge is 2.24. The standard InChI is InChI=1S/C16H20O3/c17-14-9-5-4-8-13(10-11-15(18)16(14)19)12-6-2-1-3-7-12/h1-3,5-7,9,13-14,16-17,19H,4,8,10-11H2. The summed E-state index contributed by atoms with van der Waals surface area (Å²) < 4.78 is 0. The summed E-state index contributed by atoms with van der Waals surface area (Å²) >= 11 is 0. The van der Waals surface area contributed by atoms with Gasteiger partial charge in [-0.3, -0.25) is 4.79 Å². The van der Waals surface area contributed by atoms with Gasteiger partial charge in [0.1, 0.15) is 12.2 Å². The highest BCUT2D eigenvalue weighted by atomic mass is 16.3. The molecule has 3 nitrogen and oxygen atoms in total. The van der Waals surface area contributed by atoms with Crippen LogP contribution in [0.3, 0.4) is 0 Å². The minimum absolute atomic E-state index is 0.278. The lowest BCUT2D eigenvalue weighted by molar-refractivity contribution is -0.131. The fourth-order valence-electron chi connectivity index (χ4n) is 2.50. The van der Waals surface area contributed by atoms with Gasteiger partial charge in [-0.15, -0.1) is 0 Å². The van der Waals surface area contributed by atoms with Crippen LogP contribution in [-0.2, 0) is 4.79 Å². The number of ketones is 1. The molecule has 3 heteroatoms. The first-order chi connectivity index (χ1) is 9.18. The number of carbonyl (C=O) groups is 1. The number of aliphatic hydroxyl groups excluding tert-OH is 2. The Bertz CT molecular complexity index is 439. The maximum absolute atomic E-state index is 11.8. The van der Waals surface area contributed by atoms with E-state index in [0.717, 1.165) is 19.3 Å². The second kappa shape index (κ2) is 6.64. The van der Waals surface area contributed by atoms with Crippen LogP contribution in [0, 0.1) is 0 Å². The van der Waals surface area contributed by atoms with E-state index in [9.17, 15) is 15.0 Å². The van der Waals surface area contributed by atoms with Crippen molar-refractivity contribution in [1.82, 2.24) is 0 Å². The van der Waals surface area contributed by atoms with Crippen LogP contribution < -0.4 is 0 Å². The second-order valence-corrected chi connectivity index (χ2v) is 5.05. The Morgan fingerprint density at radius 3 is 2.53 bits per heavy atom. The van der Waals surface area contributed by atoms with Crippen molar-refractivity contribution in [2.24, 2.45) is 0 Å². The SMILES string of the molecule is O=C1CCC(c2ccccc2)CCC=CC(O)C1O. The third-order valence-corrected chi connectivity index (χ3v) is 3.68. The van der Waals surface area contributed by atoms with Gasteiger partial charge in [-0.25, -0.2) is 0 Å². The van der Waals surface area contributed by atoms with E-state index in [-0.39, 0.29) is 5.78 Å². The molecule has 1 aliphatic rings. The molecule has 19 heavy (non-hydrogen) atoms. The van der Waals surface area contributed by atoms with Crippen LogP contribution >= 0.6 is 0 Å². The first kappa shape index (κ1) is 14.0. The van der Waals surface area contributed by atoms with Crippen LogP contribution in [0.15, 0.2) is 42.5 Å². The van der Waals surface area contributed by atoms with Crippen LogP contribution in [0.2, 0.25) is 0 Å². The Labute approximate surface area is 113 Å². The first-order valence-corrected chi connectivity index (χ1v) is 6.79. The van der Waals surface area contributed by atoms with Crippen LogP contribution in [0.4, 0.5) is 0 Å². The molecule has 0 aromatic heterocycles. The van der Waals surface area contributed by atoms with Crippen molar-refractivity contribution in [3.8, 4) is 0 Å². The molecule has 2 rings (SSSR count). The minimum Gasteiger partial charge on any atom is -0.386 e. The van der Waals surface area contributed by atoms with Gasteiger partial charge in [-0.1, -0.05) is 42.5 Å². The normalized spacial score (nSPS) is 29.2. The Morgan fingerprint density at radius 2 is 1.79 bits per heavy atom. The molecule has 0 fully saturated rings. The number of hydrogen-bond acceptors (Lipinski definition) is 3. The van der Waals surface area contributed by atoms with Crippen molar-refractivity contribution in [2.45, 2.75) is 43.8 Å². The average Bonchev–Trinajstić information content (AvgIpc) is 2.45. The van der Waals surface area contributed by atoms with E-state index in [4.69, 9.17) is 0 Å². The molecular weight excluding hydrogens is 240 g/mol. The lowest BCUT2D eigenvalue weighted by Crippen LogP contribution is -2.32. The highest BCUT2D eigenvalue weighted by molar-refractivity contribution is 5.83. The number of allylic oxidation sites excluding steroid dienone is 1. The molecule has 102 valence electrons. The monoisotopic (exact) mass is 260 g/mol. The summed E-state index contributed by atoms with van der Waals surface area (Å²) in [7, 11) is 0. The molecule has 3 unspecified atom stereocenters. The topological polar surface area (TPSA) is 57.5 Å². The number of aliphatic hydroxyl groups is 2. The summed E-state index contributed by atoms with van der Waals surface area (Å²) in [4.78, 5) is 11.8. The Morgan fingerprint density at radius 1 is 1.05 bits per heavy atom. The molecular formula is C16H20O3. The smallest absolute Gasteiger partial charge is 0.164 e. The maximum Gasteiger partial charge on any atom is 0.164 e. The van der Waals surface area contributed by atoms with Gasteiger partial charge in [0.05, 0.1) is 0 Å². The summed E-state index contributed by atoms with van der Waals surface area (Å²) in [5.41, 5.74) is 1.24. The summed E-state index contributed by atoms with van der Waals surface area (Å²) in [6, 6.07) is 10.1. The van der Waals surface area contributed by atoms with Gasteiger partial charge in [-0.05, 0) is 30.7 Å². The molecule has 0 heterocycles. The van der Waals surface area contributed by atoms with Crippen molar-refractivity contribution >= 4 is 5.78 Å². The van der Waals surface area contributed by atoms with Gasteiger partial charge >= 0.3 is 0 Å². The molecule has 0 aliphatic heterocycles. The van der Waals surface area contributed by atoms with E-state index < -0.39 is 12.2 Å². The zero-order valence-corrected chi connectivity index (χ0v) is 10.9. The van der Waals surface area contributed by atoms with Crippen molar-refractivity contribution < 1.29 is 15.0 Å². The Balaban J connectivity index is 2.12. The van der Waals surface area contributed by atoms with E-state index in [1.807, 2.05) is 24.3 Å². The van der Waals surface area contributed by atoms with Gasteiger partial charge in [0.2, 0.25) is 0 Å². The number of benzene rings is 1. The predicted molar refractivity (Wildman–Crippen MR) is 73.8 cm³/mol. The van der Waals surface area contributed by atoms with Gasteiger partial charge in [-0.2, -0.15) is 0 Å². The average molecular weight is 260 g/mol. The number of carbonyl (C=O) groups excluding carboxylic acids is 1. The van der Waals surface area contributed by atoms with Crippen molar-refractivity contribution in [3.05, 3.63) is 48.0 Å². The van der Waals surface area contributed by atoms with Crippen LogP contribution in [0.25, 0.3) is 0 Å². The number of Topliss-reactive ketones (excluding diaryl/α,β-unsaturated/α-hetero) is 1. The maximum atomic E-state index is 11.8. The fourth-order valence-corrected chi connectivity index (χ4v) is 2.50. The molecule has 2 N–H and O–H groups in total. The third-order valence-electron chi connectivity index (χ3n) is 3.68. The molecule has 3 atom stereocenters. The van der Waals surface area contributed by atoms with E-state index in [1.54, 1.807) is 0 Å². The van der Waals surface area contributed by atoms with E-state index >= 15 is 0 Å². The first-order valence-electron chi connectivity index (χ1n) is 6.79. The third kappa shape index (κ3) is 3.75. The number of hydrogen-bond donors (Lipinski definition) is 2. The molecule has 0 bridgehead atoms. The Hall–Kier alpha value is -1.45. The predicted octanol–water partition coefficient (Wildman–Crippen LogP) is 2.19.